The van der Waals surface area contributed by atoms with Crippen molar-refractivity contribution < 1.29 is 4.74 Å². The van der Waals surface area contributed by atoms with Gasteiger partial charge in [-0.15, -0.1) is 11.3 Å². The number of hydrogen-bond acceptors (Lipinski definition) is 3. The second-order valence-corrected chi connectivity index (χ2v) is 5.17. The van der Waals surface area contributed by atoms with E-state index in [1.165, 1.54) is 4.88 Å². The number of rotatable bonds is 5. The molecular formula is C13H13ClN2OS. The highest BCUT2D eigenvalue weighted by atomic mass is 35.5. The van der Waals surface area contributed by atoms with Crippen LogP contribution in [0.4, 0.5) is 0 Å². The van der Waals surface area contributed by atoms with Gasteiger partial charge in [0.2, 0.25) is 0 Å². The molecule has 5 heteroatoms. The third-order valence-corrected chi connectivity index (χ3v) is 3.68. The van der Waals surface area contributed by atoms with Gasteiger partial charge in [0.15, 0.2) is 0 Å². The average molecular weight is 281 g/mol. The molecule has 0 fully saturated rings. The van der Waals surface area contributed by atoms with Gasteiger partial charge in [-0.1, -0.05) is 17.7 Å². The standard InChI is InChI=1S/C13H13ClN2OS/c14-12-8-9(3-4-11(12)13(15)16)17-6-5-10-2-1-7-18-10/h1-4,7-8H,5-6H2,(H3,15,16). The maximum Gasteiger partial charge on any atom is 0.124 e. The van der Waals surface area contributed by atoms with E-state index in [4.69, 9.17) is 27.5 Å². The highest BCUT2D eigenvalue weighted by molar-refractivity contribution is 7.09. The molecule has 0 radical (unpaired) electrons. The van der Waals surface area contributed by atoms with Crippen molar-refractivity contribution in [3.8, 4) is 5.75 Å². The molecular weight excluding hydrogens is 268 g/mol. The number of nitrogens with one attached hydrogen (secondary N) is 1. The van der Waals surface area contributed by atoms with Gasteiger partial charge in [0.25, 0.3) is 0 Å². The van der Waals surface area contributed by atoms with Crippen LogP contribution in [0.5, 0.6) is 5.75 Å². The molecule has 0 amide bonds. The Morgan fingerprint density at radius 1 is 1.39 bits per heavy atom. The number of hydrogen-bond donors (Lipinski definition) is 2. The third-order valence-electron chi connectivity index (χ3n) is 2.43. The fourth-order valence-electron chi connectivity index (χ4n) is 1.53. The lowest BCUT2D eigenvalue weighted by Crippen LogP contribution is -2.11. The molecule has 0 atom stereocenters. The number of amidine groups is 1. The summed E-state index contributed by atoms with van der Waals surface area (Å²) in [4.78, 5) is 1.29. The highest BCUT2D eigenvalue weighted by Crippen LogP contribution is 2.22. The van der Waals surface area contributed by atoms with Crippen molar-refractivity contribution in [3.63, 3.8) is 0 Å². The molecule has 0 aliphatic rings. The summed E-state index contributed by atoms with van der Waals surface area (Å²) >= 11 is 7.72. The Bertz CT molecular complexity index is 540. The molecule has 0 saturated heterocycles. The van der Waals surface area contributed by atoms with E-state index >= 15 is 0 Å². The van der Waals surface area contributed by atoms with Gasteiger partial charge in [0.05, 0.1) is 11.6 Å². The molecule has 0 saturated carbocycles. The summed E-state index contributed by atoms with van der Waals surface area (Å²) in [5.74, 6) is 0.659. The number of nitrogens with two attached hydrogens (primary N) is 1. The molecule has 2 aromatic rings. The van der Waals surface area contributed by atoms with E-state index in [1.54, 1.807) is 29.5 Å². The van der Waals surface area contributed by atoms with Crippen molar-refractivity contribution in [1.82, 2.24) is 0 Å². The number of ether oxygens (including phenoxy) is 1. The summed E-state index contributed by atoms with van der Waals surface area (Å²) in [6.07, 6.45) is 0.879. The van der Waals surface area contributed by atoms with Crippen LogP contribution in [0.15, 0.2) is 35.7 Å². The Hall–Kier alpha value is -1.52. The molecule has 1 aromatic carbocycles. The van der Waals surface area contributed by atoms with Crippen molar-refractivity contribution in [3.05, 3.63) is 51.2 Å². The predicted octanol–water partition coefficient (Wildman–Crippen LogP) is 3.31. The molecule has 18 heavy (non-hydrogen) atoms. The van der Waals surface area contributed by atoms with Gasteiger partial charge in [-0.3, -0.25) is 5.41 Å². The molecule has 0 aliphatic heterocycles. The SMILES string of the molecule is N=C(N)c1ccc(OCCc2cccs2)cc1Cl. The zero-order chi connectivity index (χ0) is 13.0. The Morgan fingerprint density at radius 2 is 2.22 bits per heavy atom. The third kappa shape index (κ3) is 3.24. The Morgan fingerprint density at radius 3 is 2.83 bits per heavy atom. The predicted molar refractivity (Wildman–Crippen MR) is 76.0 cm³/mol. The second-order valence-electron chi connectivity index (χ2n) is 3.73. The summed E-state index contributed by atoms with van der Waals surface area (Å²) < 4.78 is 5.61. The molecule has 1 aromatic heterocycles. The first kappa shape index (κ1) is 12.9. The lowest BCUT2D eigenvalue weighted by Gasteiger charge is -2.08. The zero-order valence-electron chi connectivity index (χ0n) is 9.65. The fourth-order valence-corrected chi connectivity index (χ4v) is 2.49. The van der Waals surface area contributed by atoms with Crippen molar-refractivity contribution in [2.45, 2.75) is 6.42 Å². The second kappa shape index (κ2) is 5.89. The topological polar surface area (TPSA) is 59.1 Å². The normalized spacial score (nSPS) is 10.3. The smallest absolute Gasteiger partial charge is 0.124 e. The Balaban J connectivity index is 1.94. The number of nitrogen functional groups attached to an aromatic ring is 1. The Kier molecular flexibility index (Phi) is 4.23. The van der Waals surface area contributed by atoms with E-state index in [9.17, 15) is 0 Å². The van der Waals surface area contributed by atoms with Crippen molar-refractivity contribution >= 4 is 28.8 Å². The van der Waals surface area contributed by atoms with E-state index in [2.05, 4.69) is 6.07 Å². The Labute approximate surface area is 115 Å². The van der Waals surface area contributed by atoms with Crippen LogP contribution in [0, 0.1) is 5.41 Å². The summed E-state index contributed by atoms with van der Waals surface area (Å²) in [7, 11) is 0. The number of benzene rings is 1. The molecule has 0 unspecified atom stereocenters. The van der Waals surface area contributed by atoms with E-state index in [0.717, 1.165) is 6.42 Å². The van der Waals surface area contributed by atoms with E-state index in [-0.39, 0.29) is 5.84 Å². The average Bonchev–Trinajstić information content (AvgIpc) is 2.81. The van der Waals surface area contributed by atoms with Crippen LogP contribution >= 0.6 is 22.9 Å². The van der Waals surface area contributed by atoms with Crippen LogP contribution in [-0.4, -0.2) is 12.4 Å². The van der Waals surface area contributed by atoms with Crippen LogP contribution in [0.2, 0.25) is 5.02 Å². The summed E-state index contributed by atoms with van der Waals surface area (Å²) in [6, 6.07) is 9.27. The first-order valence-electron chi connectivity index (χ1n) is 5.46. The highest BCUT2D eigenvalue weighted by Gasteiger charge is 2.05. The maximum absolute atomic E-state index is 7.33. The molecule has 0 spiro atoms. The first-order chi connectivity index (χ1) is 8.66. The van der Waals surface area contributed by atoms with Gasteiger partial charge in [-0.2, -0.15) is 0 Å². The van der Waals surface area contributed by atoms with Crippen molar-refractivity contribution in [2.75, 3.05) is 6.61 Å². The van der Waals surface area contributed by atoms with Gasteiger partial charge in [0, 0.05) is 16.9 Å². The van der Waals surface area contributed by atoms with E-state index in [1.807, 2.05) is 11.4 Å². The van der Waals surface area contributed by atoms with Gasteiger partial charge >= 0.3 is 0 Å². The van der Waals surface area contributed by atoms with E-state index < -0.39 is 0 Å². The summed E-state index contributed by atoms with van der Waals surface area (Å²) in [6.45, 7) is 0.607. The minimum Gasteiger partial charge on any atom is -0.493 e. The molecule has 0 bridgehead atoms. The molecule has 94 valence electrons. The van der Waals surface area contributed by atoms with Gasteiger partial charge in [0.1, 0.15) is 11.6 Å². The van der Waals surface area contributed by atoms with Crippen LogP contribution in [-0.2, 0) is 6.42 Å². The first-order valence-corrected chi connectivity index (χ1v) is 6.71. The minimum absolute atomic E-state index is 0.0369. The van der Waals surface area contributed by atoms with Crippen LogP contribution in [0.3, 0.4) is 0 Å². The monoisotopic (exact) mass is 280 g/mol. The largest absolute Gasteiger partial charge is 0.493 e. The molecule has 1 heterocycles. The quantitative estimate of drug-likeness (QED) is 0.652. The zero-order valence-corrected chi connectivity index (χ0v) is 11.2. The molecule has 0 aliphatic carbocycles. The van der Waals surface area contributed by atoms with Crippen molar-refractivity contribution in [1.29, 1.82) is 5.41 Å². The lowest BCUT2D eigenvalue weighted by molar-refractivity contribution is 0.323. The van der Waals surface area contributed by atoms with Gasteiger partial charge in [-0.05, 0) is 29.6 Å². The molecule has 3 N–H and O–H groups in total. The van der Waals surface area contributed by atoms with Crippen LogP contribution in [0.1, 0.15) is 10.4 Å². The fraction of sp³-hybridized carbons (Fsp3) is 0.154. The summed E-state index contributed by atoms with van der Waals surface area (Å²) in [5.41, 5.74) is 5.92. The minimum atomic E-state index is -0.0369. The van der Waals surface area contributed by atoms with Crippen LogP contribution in [0.25, 0.3) is 0 Å². The van der Waals surface area contributed by atoms with E-state index in [0.29, 0.717) is 22.9 Å². The maximum atomic E-state index is 7.33. The number of halogens is 1. The molecule has 2 rings (SSSR count). The lowest BCUT2D eigenvalue weighted by atomic mass is 10.2. The van der Waals surface area contributed by atoms with Crippen LogP contribution < -0.4 is 10.5 Å². The number of thiophene rings is 1. The van der Waals surface area contributed by atoms with Gasteiger partial charge in [-0.25, -0.2) is 0 Å². The summed E-state index contributed by atoms with van der Waals surface area (Å²) in [5, 5.41) is 9.82. The van der Waals surface area contributed by atoms with Crippen molar-refractivity contribution in [2.24, 2.45) is 5.73 Å². The van der Waals surface area contributed by atoms with Gasteiger partial charge < -0.3 is 10.5 Å². The molecule has 3 nitrogen and oxygen atoms in total.